The first-order valence-corrected chi connectivity index (χ1v) is 6.34. The molecule has 16 heavy (non-hydrogen) atoms. The van der Waals surface area contributed by atoms with Gasteiger partial charge >= 0.3 is 0 Å². The van der Waals surface area contributed by atoms with E-state index in [-0.39, 0.29) is 0 Å². The molecule has 0 unspecified atom stereocenters. The summed E-state index contributed by atoms with van der Waals surface area (Å²) in [7, 11) is 0. The summed E-state index contributed by atoms with van der Waals surface area (Å²) in [4.78, 5) is 8.38. The Bertz CT molecular complexity index is 474. The molecule has 0 saturated carbocycles. The number of thioether (sulfide) groups is 1. The van der Waals surface area contributed by atoms with Gasteiger partial charge in [0.25, 0.3) is 0 Å². The van der Waals surface area contributed by atoms with Crippen LogP contribution in [0.2, 0.25) is 10.2 Å². The lowest BCUT2D eigenvalue weighted by molar-refractivity contribution is 1.12. The Morgan fingerprint density at radius 1 is 1.12 bits per heavy atom. The number of aromatic nitrogens is 2. The van der Waals surface area contributed by atoms with E-state index < -0.39 is 0 Å². The quantitative estimate of drug-likeness (QED) is 0.621. The molecule has 2 aromatic heterocycles. The number of hydrogen-bond donors (Lipinski definition) is 0. The van der Waals surface area contributed by atoms with Gasteiger partial charge in [-0.1, -0.05) is 29.3 Å². The third-order valence-electron chi connectivity index (χ3n) is 1.84. The van der Waals surface area contributed by atoms with Crippen LogP contribution in [-0.2, 0) is 5.75 Å². The molecular formula is C11H8Cl2N2S. The maximum atomic E-state index is 5.79. The molecule has 0 saturated heterocycles. The first-order valence-electron chi connectivity index (χ1n) is 4.60. The molecule has 0 aliphatic rings. The minimum atomic E-state index is 0.516. The average Bonchev–Trinajstić information content (AvgIpc) is 2.28. The van der Waals surface area contributed by atoms with Gasteiger partial charge in [0.05, 0.1) is 15.7 Å². The normalized spacial score (nSPS) is 10.4. The summed E-state index contributed by atoms with van der Waals surface area (Å²) in [5, 5.41) is 2.08. The molecule has 0 aliphatic heterocycles. The van der Waals surface area contributed by atoms with Crippen molar-refractivity contribution in [2.24, 2.45) is 0 Å². The number of rotatable bonds is 3. The second-order valence-corrected chi connectivity index (χ2v) is 4.87. The number of hydrogen-bond acceptors (Lipinski definition) is 3. The summed E-state index contributed by atoms with van der Waals surface area (Å²) in [6, 6.07) is 9.30. The van der Waals surface area contributed by atoms with Crippen LogP contribution in [0.3, 0.4) is 0 Å². The zero-order valence-electron chi connectivity index (χ0n) is 8.23. The topological polar surface area (TPSA) is 25.8 Å². The van der Waals surface area contributed by atoms with Crippen molar-refractivity contribution in [2.75, 3.05) is 0 Å². The molecule has 5 heteroatoms. The largest absolute Gasteiger partial charge is 0.248 e. The SMILES string of the molecule is Clc1ccc(SCc2cccc(Cl)n2)nc1. The van der Waals surface area contributed by atoms with Crippen molar-refractivity contribution < 1.29 is 0 Å². The Morgan fingerprint density at radius 2 is 2.00 bits per heavy atom. The van der Waals surface area contributed by atoms with Crippen molar-refractivity contribution in [3.8, 4) is 0 Å². The number of halogens is 2. The molecule has 2 rings (SSSR count). The molecule has 0 radical (unpaired) electrons. The van der Waals surface area contributed by atoms with Crippen molar-refractivity contribution >= 4 is 35.0 Å². The van der Waals surface area contributed by atoms with Crippen LogP contribution in [0, 0.1) is 0 Å². The fourth-order valence-electron chi connectivity index (χ4n) is 1.13. The molecule has 0 spiro atoms. The molecule has 0 aromatic carbocycles. The predicted molar refractivity (Wildman–Crippen MR) is 68.1 cm³/mol. The third kappa shape index (κ3) is 3.37. The fourth-order valence-corrected chi connectivity index (χ4v) is 2.17. The monoisotopic (exact) mass is 270 g/mol. The molecule has 2 nitrogen and oxygen atoms in total. The molecule has 2 heterocycles. The van der Waals surface area contributed by atoms with Gasteiger partial charge in [0.2, 0.25) is 0 Å². The minimum Gasteiger partial charge on any atom is -0.248 e. The molecule has 0 bridgehead atoms. The minimum absolute atomic E-state index is 0.516. The van der Waals surface area contributed by atoms with Gasteiger partial charge in [-0.05, 0) is 24.3 Å². The van der Waals surface area contributed by atoms with Crippen LogP contribution in [0.5, 0.6) is 0 Å². The van der Waals surface area contributed by atoms with Gasteiger partial charge in [0, 0.05) is 11.9 Å². The zero-order chi connectivity index (χ0) is 11.4. The van der Waals surface area contributed by atoms with Gasteiger partial charge in [-0.3, -0.25) is 0 Å². The number of nitrogens with zero attached hydrogens (tertiary/aromatic N) is 2. The van der Waals surface area contributed by atoms with E-state index in [9.17, 15) is 0 Å². The van der Waals surface area contributed by atoms with Gasteiger partial charge < -0.3 is 0 Å². The lowest BCUT2D eigenvalue weighted by atomic mass is 10.4. The van der Waals surface area contributed by atoms with Crippen molar-refractivity contribution in [2.45, 2.75) is 10.8 Å². The van der Waals surface area contributed by atoms with Crippen LogP contribution < -0.4 is 0 Å². The van der Waals surface area contributed by atoms with E-state index in [0.29, 0.717) is 10.2 Å². The molecule has 0 aliphatic carbocycles. The summed E-state index contributed by atoms with van der Waals surface area (Å²) in [5.74, 6) is 0.745. The second kappa shape index (κ2) is 5.53. The van der Waals surface area contributed by atoms with E-state index in [0.717, 1.165) is 16.5 Å². The Labute approximate surface area is 108 Å². The highest BCUT2D eigenvalue weighted by Crippen LogP contribution is 2.21. The Balaban J connectivity index is 1.99. The highest BCUT2D eigenvalue weighted by atomic mass is 35.5. The number of pyridine rings is 2. The standard InChI is InChI=1S/C11H8Cl2N2S/c12-8-4-5-11(14-6-8)16-7-9-2-1-3-10(13)15-9/h1-6H,7H2. The molecule has 2 aromatic rings. The van der Waals surface area contributed by atoms with E-state index in [4.69, 9.17) is 23.2 Å². The summed E-state index contributed by atoms with van der Waals surface area (Å²) >= 11 is 13.1. The lowest BCUT2D eigenvalue weighted by Crippen LogP contribution is -1.87. The van der Waals surface area contributed by atoms with Crippen molar-refractivity contribution in [3.63, 3.8) is 0 Å². The summed E-state index contributed by atoms with van der Waals surface area (Å²) in [5.41, 5.74) is 0.939. The van der Waals surface area contributed by atoms with Gasteiger partial charge in [0.15, 0.2) is 0 Å². The highest BCUT2D eigenvalue weighted by molar-refractivity contribution is 7.98. The van der Waals surface area contributed by atoms with Crippen LogP contribution in [0.15, 0.2) is 41.6 Å². The van der Waals surface area contributed by atoms with E-state index in [2.05, 4.69) is 9.97 Å². The second-order valence-electron chi connectivity index (χ2n) is 3.05. The van der Waals surface area contributed by atoms with Crippen LogP contribution in [-0.4, -0.2) is 9.97 Å². The first kappa shape index (κ1) is 11.7. The Morgan fingerprint density at radius 3 is 2.69 bits per heavy atom. The maximum Gasteiger partial charge on any atom is 0.129 e. The summed E-state index contributed by atoms with van der Waals surface area (Å²) in [6.07, 6.45) is 1.63. The molecule has 0 N–H and O–H groups in total. The van der Waals surface area contributed by atoms with Gasteiger partial charge in [-0.25, -0.2) is 9.97 Å². The van der Waals surface area contributed by atoms with E-state index in [1.165, 1.54) is 0 Å². The molecule has 82 valence electrons. The van der Waals surface area contributed by atoms with E-state index >= 15 is 0 Å². The van der Waals surface area contributed by atoms with Gasteiger partial charge in [0.1, 0.15) is 5.15 Å². The molecule has 0 atom stereocenters. The van der Waals surface area contributed by atoms with Crippen LogP contribution in [0.4, 0.5) is 0 Å². The van der Waals surface area contributed by atoms with Gasteiger partial charge in [-0.2, -0.15) is 0 Å². The Kier molecular flexibility index (Phi) is 4.04. The zero-order valence-corrected chi connectivity index (χ0v) is 10.6. The Hall–Kier alpha value is -0.770. The lowest BCUT2D eigenvalue weighted by Gasteiger charge is -2.01. The molecule has 0 fully saturated rings. The van der Waals surface area contributed by atoms with Crippen LogP contribution in [0.1, 0.15) is 5.69 Å². The van der Waals surface area contributed by atoms with Crippen molar-refractivity contribution in [1.82, 2.24) is 9.97 Å². The smallest absolute Gasteiger partial charge is 0.129 e. The van der Waals surface area contributed by atoms with E-state index in [1.807, 2.05) is 24.3 Å². The van der Waals surface area contributed by atoms with Crippen LogP contribution in [0.25, 0.3) is 0 Å². The molecule has 0 amide bonds. The van der Waals surface area contributed by atoms with Crippen molar-refractivity contribution in [3.05, 3.63) is 52.4 Å². The predicted octanol–water partition coefficient (Wildman–Crippen LogP) is 4.08. The summed E-state index contributed by atoms with van der Waals surface area (Å²) in [6.45, 7) is 0. The fraction of sp³-hybridized carbons (Fsp3) is 0.0909. The third-order valence-corrected chi connectivity index (χ3v) is 3.25. The maximum absolute atomic E-state index is 5.79. The van der Waals surface area contributed by atoms with E-state index in [1.54, 1.807) is 24.0 Å². The first-order chi connectivity index (χ1) is 7.74. The van der Waals surface area contributed by atoms with Crippen molar-refractivity contribution in [1.29, 1.82) is 0 Å². The highest BCUT2D eigenvalue weighted by Gasteiger charge is 1.99. The van der Waals surface area contributed by atoms with Crippen LogP contribution >= 0.6 is 35.0 Å². The summed E-state index contributed by atoms with van der Waals surface area (Å²) < 4.78 is 0. The average molecular weight is 271 g/mol. The van der Waals surface area contributed by atoms with Gasteiger partial charge in [-0.15, -0.1) is 11.8 Å². The molecular weight excluding hydrogens is 263 g/mol.